The summed E-state index contributed by atoms with van der Waals surface area (Å²) in [7, 11) is 1.57. The van der Waals surface area contributed by atoms with Gasteiger partial charge in [-0.1, -0.05) is 0 Å². The maximum absolute atomic E-state index is 13.7. The van der Waals surface area contributed by atoms with Crippen LogP contribution in [0.25, 0.3) is 22.2 Å². The molecule has 0 saturated heterocycles. The Morgan fingerprint density at radius 2 is 1.85 bits per heavy atom. The van der Waals surface area contributed by atoms with Crippen molar-refractivity contribution in [2.75, 3.05) is 20.3 Å². The predicted octanol–water partition coefficient (Wildman–Crippen LogP) is 3.81. The van der Waals surface area contributed by atoms with E-state index in [0.29, 0.717) is 19.6 Å². The molecule has 3 aromatic rings. The van der Waals surface area contributed by atoms with Gasteiger partial charge in [0.15, 0.2) is 0 Å². The number of H-pyrrole nitrogens is 1. The highest BCUT2D eigenvalue weighted by atomic mass is 19.1. The van der Waals surface area contributed by atoms with Crippen LogP contribution in [0.3, 0.4) is 0 Å². The van der Waals surface area contributed by atoms with Gasteiger partial charge in [0.1, 0.15) is 11.6 Å². The molecule has 1 amide bonds. The molecule has 0 unspecified atom stereocenters. The Morgan fingerprint density at radius 1 is 1.12 bits per heavy atom. The van der Waals surface area contributed by atoms with Gasteiger partial charge < -0.3 is 15.0 Å². The zero-order chi connectivity index (χ0) is 18.5. The van der Waals surface area contributed by atoms with Crippen molar-refractivity contribution in [1.29, 1.82) is 0 Å². The fraction of sp³-hybridized carbons (Fsp3) is 0.250. The van der Waals surface area contributed by atoms with E-state index < -0.39 is 0 Å². The molecule has 0 bridgehead atoms. The summed E-state index contributed by atoms with van der Waals surface area (Å²) in [5.41, 5.74) is 3.18. The zero-order valence-corrected chi connectivity index (χ0v) is 14.4. The van der Waals surface area contributed by atoms with Gasteiger partial charge in [-0.05, 0) is 60.0 Å². The minimum Gasteiger partial charge on any atom is -0.383 e. The molecule has 0 fully saturated rings. The molecule has 0 aliphatic carbocycles. The smallest absolute Gasteiger partial charge is 0.220 e. The molecule has 0 radical (unpaired) electrons. The summed E-state index contributed by atoms with van der Waals surface area (Å²) in [5.74, 6) is -0.763. The van der Waals surface area contributed by atoms with Gasteiger partial charge in [-0.3, -0.25) is 4.79 Å². The van der Waals surface area contributed by atoms with Gasteiger partial charge in [0, 0.05) is 36.7 Å². The zero-order valence-electron chi connectivity index (χ0n) is 14.4. The van der Waals surface area contributed by atoms with Crippen molar-refractivity contribution in [3.8, 4) is 11.3 Å². The van der Waals surface area contributed by atoms with Crippen LogP contribution in [0, 0.1) is 11.6 Å². The lowest BCUT2D eigenvalue weighted by atomic mass is 10.0. The first-order chi connectivity index (χ1) is 12.6. The van der Waals surface area contributed by atoms with E-state index in [0.717, 1.165) is 27.7 Å². The second-order valence-electron chi connectivity index (χ2n) is 6.02. The van der Waals surface area contributed by atoms with Crippen LogP contribution in [0.5, 0.6) is 0 Å². The maximum atomic E-state index is 13.7. The summed E-state index contributed by atoms with van der Waals surface area (Å²) in [5, 5.41) is 3.50. The molecule has 0 saturated carbocycles. The van der Waals surface area contributed by atoms with E-state index in [1.54, 1.807) is 25.3 Å². The largest absolute Gasteiger partial charge is 0.383 e. The van der Waals surface area contributed by atoms with E-state index in [1.165, 1.54) is 24.3 Å². The Balaban J connectivity index is 1.90. The van der Waals surface area contributed by atoms with Crippen molar-refractivity contribution in [1.82, 2.24) is 10.3 Å². The summed E-state index contributed by atoms with van der Waals surface area (Å²) in [6, 6.07) is 10.6. The summed E-state index contributed by atoms with van der Waals surface area (Å²) >= 11 is 0. The van der Waals surface area contributed by atoms with E-state index in [-0.39, 0.29) is 24.0 Å². The Hall–Kier alpha value is -2.73. The van der Waals surface area contributed by atoms with Gasteiger partial charge in [0.05, 0.1) is 6.61 Å². The Bertz CT molecular complexity index is 904. The normalized spacial score (nSPS) is 11.0. The number of rotatable bonds is 7. The topological polar surface area (TPSA) is 54.1 Å². The number of hydrogen-bond acceptors (Lipinski definition) is 2. The third-order valence-corrected chi connectivity index (χ3v) is 4.23. The second kappa shape index (κ2) is 8.10. The van der Waals surface area contributed by atoms with Gasteiger partial charge in [-0.15, -0.1) is 0 Å². The number of aryl methyl sites for hydroxylation is 1. The molecule has 3 rings (SSSR count). The average molecular weight is 358 g/mol. The fourth-order valence-corrected chi connectivity index (χ4v) is 2.96. The van der Waals surface area contributed by atoms with Crippen molar-refractivity contribution >= 4 is 16.8 Å². The highest BCUT2D eigenvalue weighted by Crippen LogP contribution is 2.32. The van der Waals surface area contributed by atoms with Gasteiger partial charge in [-0.2, -0.15) is 0 Å². The third kappa shape index (κ3) is 4.08. The Labute approximate surface area is 150 Å². The average Bonchev–Trinajstić information content (AvgIpc) is 2.98. The highest BCUT2D eigenvalue weighted by molar-refractivity contribution is 5.91. The fourth-order valence-electron chi connectivity index (χ4n) is 2.96. The first-order valence-corrected chi connectivity index (χ1v) is 8.40. The minimum absolute atomic E-state index is 0.0992. The molecule has 136 valence electrons. The van der Waals surface area contributed by atoms with E-state index in [4.69, 9.17) is 4.74 Å². The number of benzene rings is 2. The molecule has 2 N–H and O–H groups in total. The molecule has 26 heavy (non-hydrogen) atoms. The second-order valence-corrected chi connectivity index (χ2v) is 6.02. The summed E-state index contributed by atoms with van der Waals surface area (Å²) < 4.78 is 31.9. The molecular formula is C20H20F2N2O2. The number of nitrogens with one attached hydrogen (secondary N) is 2. The standard InChI is InChI=1S/C20H20F2N2O2/c1-26-11-10-23-19(25)9-7-16-17-12-15(22)6-8-18(17)24-20(16)13-2-4-14(21)5-3-13/h2-6,8,12,24H,7,9-11H2,1H3,(H,23,25). The molecular weight excluding hydrogens is 338 g/mol. The minimum atomic E-state index is -0.340. The lowest BCUT2D eigenvalue weighted by molar-refractivity contribution is -0.121. The van der Waals surface area contributed by atoms with E-state index in [9.17, 15) is 13.6 Å². The van der Waals surface area contributed by atoms with Crippen LogP contribution in [0.4, 0.5) is 8.78 Å². The first-order valence-electron chi connectivity index (χ1n) is 8.40. The maximum Gasteiger partial charge on any atom is 0.220 e. The number of amides is 1. The van der Waals surface area contributed by atoms with E-state index >= 15 is 0 Å². The van der Waals surface area contributed by atoms with Crippen LogP contribution in [0.15, 0.2) is 42.5 Å². The number of hydrogen-bond donors (Lipinski definition) is 2. The van der Waals surface area contributed by atoms with Gasteiger partial charge in [-0.25, -0.2) is 8.78 Å². The van der Waals surface area contributed by atoms with Crippen molar-refractivity contribution in [2.45, 2.75) is 12.8 Å². The van der Waals surface area contributed by atoms with Crippen LogP contribution in [-0.4, -0.2) is 31.2 Å². The molecule has 0 aliphatic rings. The lowest BCUT2D eigenvalue weighted by Gasteiger charge is -2.07. The van der Waals surface area contributed by atoms with Crippen LogP contribution < -0.4 is 5.32 Å². The first kappa shape index (κ1) is 18.1. The van der Waals surface area contributed by atoms with Crippen LogP contribution in [0.1, 0.15) is 12.0 Å². The number of carbonyl (C=O) groups excluding carboxylic acids is 1. The lowest BCUT2D eigenvalue weighted by Crippen LogP contribution is -2.27. The van der Waals surface area contributed by atoms with Crippen molar-refractivity contribution in [3.63, 3.8) is 0 Å². The molecule has 0 atom stereocenters. The van der Waals surface area contributed by atoms with Gasteiger partial charge >= 0.3 is 0 Å². The quantitative estimate of drug-likeness (QED) is 0.631. The molecule has 2 aromatic carbocycles. The number of aromatic amines is 1. The van der Waals surface area contributed by atoms with E-state index in [2.05, 4.69) is 10.3 Å². The third-order valence-electron chi connectivity index (χ3n) is 4.23. The Morgan fingerprint density at radius 3 is 2.58 bits per heavy atom. The SMILES string of the molecule is COCCNC(=O)CCc1c(-c2ccc(F)cc2)[nH]c2ccc(F)cc12. The number of methoxy groups -OCH3 is 1. The van der Waals surface area contributed by atoms with Crippen LogP contribution >= 0.6 is 0 Å². The summed E-state index contributed by atoms with van der Waals surface area (Å²) in [6.45, 7) is 0.896. The summed E-state index contributed by atoms with van der Waals surface area (Å²) in [6.07, 6.45) is 0.705. The van der Waals surface area contributed by atoms with E-state index in [1.807, 2.05) is 0 Å². The number of halogens is 2. The van der Waals surface area contributed by atoms with Gasteiger partial charge in [0.2, 0.25) is 5.91 Å². The Kier molecular flexibility index (Phi) is 5.63. The number of carbonyl (C=O) groups is 1. The van der Waals surface area contributed by atoms with Crippen molar-refractivity contribution in [2.24, 2.45) is 0 Å². The van der Waals surface area contributed by atoms with Crippen molar-refractivity contribution in [3.05, 3.63) is 59.7 Å². The number of aromatic nitrogens is 1. The predicted molar refractivity (Wildman–Crippen MR) is 96.9 cm³/mol. The highest BCUT2D eigenvalue weighted by Gasteiger charge is 2.15. The number of fused-ring (bicyclic) bond motifs is 1. The number of ether oxygens (including phenoxy) is 1. The molecule has 1 aromatic heterocycles. The van der Waals surface area contributed by atoms with Crippen molar-refractivity contribution < 1.29 is 18.3 Å². The van der Waals surface area contributed by atoms with Crippen LogP contribution in [0.2, 0.25) is 0 Å². The molecule has 0 aliphatic heterocycles. The molecule has 6 heteroatoms. The van der Waals surface area contributed by atoms with Gasteiger partial charge in [0.25, 0.3) is 0 Å². The summed E-state index contributed by atoms with van der Waals surface area (Å²) in [4.78, 5) is 15.3. The molecule has 4 nitrogen and oxygen atoms in total. The van der Waals surface area contributed by atoms with Crippen LogP contribution in [-0.2, 0) is 16.0 Å². The molecule has 0 spiro atoms. The molecule has 1 heterocycles. The monoisotopic (exact) mass is 358 g/mol.